The van der Waals surface area contributed by atoms with Gasteiger partial charge in [0.25, 0.3) is 0 Å². The average Bonchev–Trinajstić information content (AvgIpc) is 2.91. The molecule has 2 unspecified atom stereocenters. The molecule has 1 aliphatic heterocycles. The van der Waals surface area contributed by atoms with Crippen LogP contribution in [-0.2, 0) is 9.59 Å². The summed E-state index contributed by atoms with van der Waals surface area (Å²) in [5.74, 6) is 0.335. The number of carbonyl (C=O) groups excluding carboxylic acids is 2. The summed E-state index contributed by atoms with van der Waals surface area (Å²) in [4.78, 5) is 26.2. The Hall–Kier alpha value is -1.88. The Balaban J connectivity index is 1.95. The van der Waals surface area contributed by atoms with Gasteiger partial charge in [0.1, 0.15) is 12.4 Å². The van der Waals surface area contributed by atoms with Gasteiger partial charge in [0.15, 0.2) is 0 Å². The normalized spacial score (nSPS) is 25.1. The number of hydrogen-bond donors (Lipinski definition) is 1. The summed E-state index contributed by atoms with van der Waals surface area (Å²) in [6.45, 7) is 0.752. The maximum absolute atomic E-state index is 12.4. The third-order valence-electron chi connectivity index (χ3n) is 4.05. The number of imide groups is 1. The molecule has 0 radical (unpaired) electrons. The van der Waals surface area contributed by atoms with Gasteiger partial charge in [-0.15, -0.1) is 0 Å². The van der Waals surface area contributed by atoms with Gasteiger partial charge < -0.3 is 10.5 Å². The van der Waals surface area contributed by atoms with Crippen LogP contribution in [0, 0.1) is 11.8 Å². The van der Waals surface area contributed by atoms with E-state index in [4.69, 9.17) is 10.5 Å². The van der Waals surface area contributed by atoms with E-state index in [1.54, 1.807) is 12.1 Å². The Morgan fingerprint density at radius 3 is 2.45 bits per heavy atom. The van der Waals surface area contributed by atoms with E-state index in [0.717, 1.165) is 12.8 Å². The number of para-hydroxylation sites is 2. The van der Waals surface area contributed by atoms with Gasteiger partial charge in [-0.2, -0.15) is 0 Å². The summed E-state index contributed by atoms with van der Waals surface area (Å²) in [6.07, 6.45) is 2.34. The lowest BCUT2D eigenvalue weighted by molar-refractivity contribution is -0.133. The van der Waals surface area contributed by atoms with Crippen LogP contribution < -0.4 is 15.4 Å². The molecule has 1 saturated heterocycles. The number of hydrogen-bond acceptors (Lipinski definition) is 4. The summed E-state index contributed by atoms with van der Waals surface area (Å²) in [5.41, 5.74) is 5.99. The Labute approximate surface area is 117 Å². The van der Waals surface area contributed by atoms with Crippen LogP contribution in [0.4, 0.5) is 5.69 Å². The van der Waals surface area contributed by atoms with E-state index in [9.17, 15) is 9.59 Å². The van der Waals surface area contributed by atoms with Crippen LogP contribution in [0.2, 0.25) is 0 Å². The average molecular weight is 274 g/mol. The zero-order valence-corrected chi connectivity index (χ0v) is 11.2. The summed E-state index contributed by atoms with van der Waals surface area (Å²) in [5, 5.41) is 0. The van der Waals surface area contributed by atoms with Crippen molar-refractivity contribution in [1.82, 2.24) is 0 Å². The molecule has 0 spiro atoms. The SMILES string of the molecule is NCCOc1ccccc1N1C(=O)C2CCC(C2)C1=O. The number of carbonyl (C=O) groups is 2. The molecule has 20 heavy (non-hydrogen) atoms. The molecule has 1 aliphatic carbocycles. The van der Waals surface area contributed by atoms with E-state index in [2.05, 4.69) is 0 Å². The van der Waals surface area contributed by atoms with Crippen LogP contribution in [-0.4, -0.2) is 25.0 Å². The first kappa shape index (κ1) is 13.1. The first-order valence-electron chi connectivity index (χ1n) is 7.02. The van der Waals surface area contributed by atoms with Crippen molar-refractivity contribution < 1.29 is 14.3 Å². The highest BCUT2D eigenvalue weighted by atomic mass is 16.5. The molecular formula is C15H18N2O3. The van der Waals surface area contributed by atoms with Gasteiger partial charge in [0, 0.05) is 18.4 Å². The molecule has 1 saturated carbocycles. The molecule has 1 aromatic rings. The highest BCUT2D eigenvalue weighted by molar-refractivity contribution is 6.19. The first-order valence-corrected chi connectivity index (χ1v) is 7.02. The molecule has 2 bridgehead atoms. The van der Waals surface area contributed by atoms with Crippen molar-refractivity contribution in [1.29, 1.82) is 0 Å². The van der Waals surface area contributed by atoms with Crippen molar-refractivity contribution in [3.8, 4) is 5.75 Å². The van der Waals surface area contributed by atoms with Gasteiger partial charge >= 0.3 is 0 Å². The third-order valence-corrected chi connectivity index (χ3v) is 4.05. The van der Waals surface area contributed by atoms with Gasteiger partial charge in [-0.3, -0.25) is 9.59 Å². The number of ether oxygens (including phenoxy) is 1. The third kappa shape index (κ3) is 2.08. The Bertz CT molecular complexity index is 522. The molecule has 1 heterocycles. The lowest BCUT2D eigenvalue weighted by atomic mass is 9.96. The maximum atomic E-state index is 12.4. The zero-order chi connectivity index (χ0) is 14.1. The molecule has 2 fully saturated rings. The molecule has 2 N–H and O–H groups in total. The van der Waals surface area contributed by atoms with E-state index in [-0.39, 0.29) is 23.7 Å². The van der Waals surface area contributed by atoms with Crippen molar-refractivity contribution >= 4 is 17.5 Å². The van der Waals surface area contributed by atoms with Crippen LogP contribution >= 0.6 is 0 Å². The number of nitrogens with two attached hydrogens (primary N) is 1. The number of benzene rings is 1. The first-order chi connectivity index (χ1) is 9.72. The van der Waals surface area contributed by atoms with Crippen molar-refractivity contribution in [2.24, 2.45) is 17.6 Å². The molecule has 5 heteroatoms. The van der Waals surface area contributed by atoms with Crippen LogP contribution in [0.15, 0.2) is 24.3 Å². The van der Waals surface area contributed by atoms with Crippen molar-refractivity contribution in [3.05, 3.63) is 24.3 Å². The Morgan fingerprint density at radius 2 is 1.80 bits per heavy atom. The van der Waals surface area contributed by atoms with Gasteiger partial charge in [0.2, 0.25) is 11.8 Å². The molecule has 0 aromatic heterocycles. The smallest absolute Gasteiger partial charge is 0.237 e. The van der Waals surface area contributed by atoms with Crippen LogP contribution in [0.25, 0.3) is 0 Å². The summed E-state index contributed by atoms with van der Waals surface area (Å²) >= 11 is 0. The van der Waals surface area contributed by atoms with E-state index in [0.29, 0.717) is 31.0 Å². The minimum absolute atomic E-state index is 0.0136. The van der Waals surface area contributed by atoms with Gasteiger partial charge in [-0.25, -0.2) is 4.90 Å². The van der Waals surface area contributed by atoms with Gasteiger partial charge in [-0.1, -0.05) is 12.1 Å². The van der Waals surface area contributed by atoms with Crippen molar-refractivity contribution in [3.63, 3.8) is 0 Å². The van der Waals surface area contributed by atoms with E-state index < -0.39 is 0 Å². The van der Waals surface area contributed by atoms with Gasteiger partial charge in [-0.05, 0) is 31.4 Å². The fourth-order valence-corrected chi connectivity index (χ4v) is 3.07. The number of amides is 2. The fraction of sp³-hybridized carbons (Fsp3) is 0.467. The minimum atomic E-state index is -0.0902. The van der Waals surface area contributed by atoms with Crippen LogP contribution in [0.1, 0.15) is 19.3 Å². The summed E-state index contributed by atoms with van der Waals surface area (Å²) in [6, 6.07) is 7.15. The molecule has 2 atom stereocenters. The number of nitrogens with zero attached hydrogens (tertiary/aromatic N) is 1. The standard InChI is InChI=1S/C15H18N2O3/c16-7-8-20-13-4-2-1-3-12(13)17-14(18)10-5-6-11(9-10)15(17)19/h1-4,10-11H,5-9,16H2. The topological polar surface area (TPSA) is 72.6 Å². The molecule has 3 rings (SSSR count). The quantitative estimate of drug-likeness (QED) is 0.840. The second-order valence-corrected chi connectivity index (χ2v) is 5.32. The molecule has 1 aromatic carbocycles. The highest BCUT2D eigenvalue weighted by Crippen LogP contribution is 2.42. The minimum Gasteiger partial charge on any atom is -0.490 e. The van der Waals surface area contributed by atoms with Crippen LogP contribution in [0.3, 0.4) is 0 Å². The highest BCUT2D eigenvalue weighted by Gasteiger charge is 2.46. The maximum Gasteiger partial charge on any atom is 0.237 e. The van der Waals surface area contributed by atoms with E-state index >= 15 is 0 Å². The number of piperidine rings is 1. The molecule has 2 aliphatic rings. The van der Waals surface area contributed by atoms with Crippen molar-refractivity contribution in [2.45, 2.75) is 19.3 Å². The molecular weight excluding hydrogens is 256 g/mol. The number of anilines is 1. The molecule has 5 nitrogen and oxygen atoms in total. The number of fused-ring (bicyclic) bond motifs is 2. The largest absolute Gasteiger partial charge is 0.490 e. The predicted molar refractivity (Wildman–Crippen MR) is 74.3 cm³/mol. The molecule has 2 amide bonds. The van der Waals surface area contributed by atoms with E-state index in [1.807, 2.05) is 12.1 Å². The second-order valence-electron chi connectivity index (χ2n) is 5.32. The lowest BCUT2D eigenvalue weighted by Crippen LogP contribution is -2.46. The van der Waals surface area contributed by atoms with Crippen LogP contribution in [0.5, 0.6) is 5.75 Å². The number of rotatable bonds is 4. The lowest BCUT2D eigenvalue weighted by Gasteiger charge is -2.30. The Morgan fingerprint density at radius 1 is 1.15 bits per heavy atom. The monoisotopic (exact) mass is 274 g/mol. The predicted octanol–water partition coefficient (Wildman–Crippen LogP) is 1.31. The summed E-state index contributed by atoms with van der Waals surface area (Å²) < 4.78 is 5.56. The fourth-order valence-electron chi connectivity index (χ4n) is 3.07. The summed E-state index contributed by atoms with van der Waals surface area (Å²) in [7, 11) is 0. The van der Waals surface area contributed by atoms with Gasteiger partial charge in [0.05, 0.1) is 5.69 Å². The Kier molecular flexibility index (Phi) is 3.44. The second kappa shape index (κ2) is 5.25. The molecule has 106 valence electrons. The van der Waals surface area contributed by atoms with E-state index in [1.165, 1.54) is 4.90 Å². The van der Waals surface area contributed by atoms with Crippen molar-refractivity contribution in [2.75, 3.05) is 18.1 Å². The zero-order valence-electron chi connectivity index (χ0n) is 11.2.